The molecule has 0 spiro atoms. The molecule has 2 aromatic heterocycles. The van der Waals surface area contributed by atoms with Crippen LogP contribution in [0.5, 0.6) is 0 Å². The minimum Gasteiger partial charge on any atom is -0.457 e. The van der Waals surface area contributed by atoms with Gasteiger partial charge in [0.05, 0.1) is 10.5 Å². The second-order valence-electron chi connectivity index (χ2n) is 6.44. The molecule has 1 N–H and O–H groups in total. The third-order valence-corrected chi connectivity index (χ3v) is 5.61. The summed E-state index contributed by atoms with van der Waals surface area (Å²) >= 11 is 1.29. The van der Waals surface area contributed by atoms with E-state index in [-0.39, 0.29) is 17.0 Å². The van der Waals surface area contributed by atoms with Crippen LogP contribution in [0, 0.1) is 39.7 Å². The van der Waals surface area contributed by atoms with Gasteiger partial charge in [-0.05, 0) is 43.2 Å². The Morgan fingerprint density at radius 1 is 1.26 bits per heavy atom. The summed E-state index contributed by atoms with van der Waals surface area (Å²) in [6, 6.07) is 13.0. The van der Waals surface area contributed by atoms with Gasteiger partial charge in [0.15, 0.2) is 0 Å². The molecule has 0 aliphatic carbocycles. The van der Waals surface area contributed by atoms with Gasteiger partial charge in [0.1, 0.15) is 34.2 Å². The van der Waals surface area contributed by atoms with Gasteiger partial charge in [0.25, 0.3) is 11.6 Å². The number of nitriles is 2. The lowest BCUT2D eigenvalue weighted by Crippen LogP contribution is -2.13. The lowest BCUT2D eigenvalue weighted by atomic mass is 10.1. The molecule has 2 heterocycles. The number of nitro groups is 1. The van der Waals surface area contributed by atoms with Crippen LogP contribution in [0.1, 0.15) is 28.7 Å². The van der Waals surface area contributed by atoms with E-state index < -0.39 is 10.8 Å². The summed E-state index contributed by atoms with van der Waals surface area (Å²) in [6.45, 7) is 3.81. The standard InChI is InChI=1S/C22H16N4O4S/c1-3-18-13(2)31-22(19(18)12-24)25-21(27)15(11-23)10-17-8-9-20(30-17)14-4-6-16(7-5-14)26(28)29/h4-10H,3H2,1-2H3,(H,25,27)/b15-10-. The Morgan fingerprint density at radius 3 is 2.55 bits per heavy atom. The molecule has 0 atom stereocenters. The van der Waals surface area contributed by atoms with Crippen molar-refractivity contribution in [1.82, 2.24) is 0 Å². The van der Waals surface area contributed by atoms with E-state index in [0.717, 1.165) is 10.4 Å². The highest BCUT2D eigenvalue weighted by Gasteiger charge is 2.19. The minimum atomic E-state index is -0.642. The van der Waals surface area contributed by atoms with Crippen molar-refractivity contribution in [3.63, 3.8) is 0 Å². The maximum Gasteiger partial charge on any atom is 0.269 e. The minimum absolute atomic E-state index is 0.0364. The highest BCUT2D eigenvalue weighted by atomic mass is 32.1. The molecule has 3 aromatic rings. The quantitative estimate of drug-likeness (QED) is 0.246. The predicted octanol–water partition coefficient (Wildman–Crippen LogP) is 5.20. The molecule has 8 nitrogen and oxygen atoms in total. The van der Waals surface area contributed by atoms with Crippen LogP contribution in [0.25, 0.3) is 17.4 Å². The van der Waals surface area contributed by atoms with E-state index >= 15 is 0 Å². The van der Waals surface area contributed by atoms with Crippen LogP contribution in [0.15, 0.2) is 46.4 Å². The van der Waals surface area contributed by atoms with Gasteiger partial charge in [-0.2, -0.15) is 10.5 Å². The largest absolute Gasteiger partial charge is 0.457 e. The van der Waals surface area contributed by atoms with E-state index in [4.69, 9.17) is 4.42 Å². The summed E-state index contributed by atoms with van der Waals surface area (Å²) in [6.07, 6.45) is 1.97. The summed E-state index contributed by atoms with van der Waals surface area (Å²) in [5.41, 5.74) is 1.69. The highest BCUT2D eigenvalue weighted by molar-refractivity contribution is 7.16. The average molecular weight is 432 g/mol. The predicted molar refractivity (Wildman–Crippen MR) is 116 cm³/mol. The molecule has 0 radical (unpaired) electrons. The fourth-order valence-corrected chi connectivity index (χ4v) is 4.10. The molecule has 154 valence electrons. The normalized spacial score (nSPS) is 10.9. The van der Waals surface area contributed by atoms with Gasteiger partial charge in [0.2, 0.25) is 0 Å². The van der Waals surface area contributed by atoms with E-state index in [9.17, 15) is 25.4 Å². The zero-order valence-corrected chi connectivity index (χ0v) is 17.4. The topological polar surface area (TPSA) is 133 Å². The molecule has 0 bridgehead atoms. The zero-order chi connectivity index (χ0) is 22.5. The Bertz CT molecular complexity index is 1270. The monoisotopic (exact) mass is 432 g/mol. The Balaban J connectivity index is 1.83. The summed E-state index contributed by atoms with van der Waals surface area (Å²) in [5, 5.41) is 32.7. The van der Waals surface area contributed by atoms with Crippen LogP contribution < -0.4 is 5.32 Å². The summed E-state index contributed by atoms with van der Waals surface area (Å²) < 4.78 is 5.66. The number of thiophene rings is 1. The van der Waals surface area contributed by atoms with Crippen molar-refractivity contribution in [3.8, 4) is 23.5 Å². The lowest BCUT2D eigenvalue weighted by molar-refractivity contribution is -0.384. The number of hydrogen-bond acceptors (Lipinski definition) is 7. The number of nitrogens with zero attached hydrogens (tertiary/aromatic N) is 3. The molecule has 0 aliphatic heterocycles. The van der Waals surface area contributed by atoms with E-state index in [1.807, 2.05) is 19.9 Å². The summed E-state index contributed by atoms with van der Waals surface area (Å²) in [4.78, 5) is 23.8. The highest BCUT2D eigenvalue weighted by Crippen LogP contribution is 2.33. The number of hydrogen-bond donors (Lipinski definition) is 1. The maximum absolute atomic E-state index is 12.6. The summed E-state index contributed by atoms with van der Waals surface area (Å²) in [7, 11) is 0. The van der Waals surface area contributed by atoms with Gasteiger partial charge >= 0.3 is 0 Å². The number of non-ortho nitro benzene ring substituents is 1. The molecular formula is C22H16N4O4S. The second kappa shape index (κ2) is 9.08. The third-order valence-electron chi connectivity index (χ3n) is 4.54. The number of carbonyl (C=O) groups excluding carboxylic acids is 1. The van der Waals surface area contributed by atoms with Gasteiger partial charge in [-0.3, -0.25) is 14.9 Å². The van der Waals surface area contributed by atoms with Crippen molar-refractivity contribution in [1.29, 1.82) is 10.5 Å². The first-order valence-electron chi connectivity index (χ1n) is 9.18. The molecule has 9 heteroatoms. The molecular weight excluding hydrogens is 416 g/mol. The number of rotatable bonds is 6. The van der Waals surface area contributed by atoms with Crippen LogP contribution in [0.2, 0.25) is 0 Å². The maximum atomic E-state index is 12.6. The van der Waals surface area contributed by atoms with Gasteiger partial charge in [0, 0.05) is 28.6 Å². The first-order valence-corrected chi connectivity index (χ1v) is 9.99. The number of furan rings is 1. The first-order chi connectivity index (χ1) is 14.9. The number of nitro benzene ring substituents is 1. The Labute approximate surface area is 181 Å². The van der Waals surface area contributed by atoms with Crippen LogP contribution in [0.3, 0.4) is 0 Å². The smallest absolute Gasteiger partial charge is 0.269 e. The van der Waals surface area contributed by atoms with Crippen molar-refractivity contribution < 1.29 is 14.1 Å². The fourth-order valence-electron chi connectivity index (χ4n) is 3.01. The first kappa shape index (κ1) is 21.5. The van der Waals surface area contributed by atoms with Crippen LogP contribution in [-0.2, 0) is 11.2 Å². The molecule has 1 amide bonds. The number of aryl methyl sites for hydroxylation is 1. The van der Waals surface area contributed by atoms with Crippen molar-refractivity contribution >= 4 is 34.0 Å². The Morgan fingerprint density at radius 2 is 1.97 bits per heavy atom. The third kappa shape index (κ3) is 4.53. The number of amides is 1. The van der Waals surface area contributed by atoms with Gasteiger partial charge in [-0.25, -0.2) is 0 Å². The molecule has 1 aromatic carbocycles. The number of anilines is 1. The van der Waals surface area contributed by atoms with Crippen LogP contribution in [-0.4, -0.2) is 10.8 Å². The SMILES string of the molecule is CCc1c(C)sc(NC(=O)/C(C#N)=C\c2ccc(-c3ccc([N+](=O)[O-])cc3)o2)c1C#N. The van der Waals surface area contributed by atoms with Crippen molar-refractivity contribution in [2.24, 2.45) is 0 Å². The molecule has 3 rings (SSSR count). The molecule has 0 fully saturated rings. The van der Waals surface area contributed by atoms with E-state index in [2.05, 4.69) is 11.4 Å². The summed E-state index contributed by atoms with van der Waals surface area (Å²) in [5.74, 6) is 0.0698. The molecule has 0 unspecified atom stereocenters. The second-order valence-corrected chi connectivity index (χ2v) is 7.66. The molecule has 0 saturated heterocycles. The van der Waals surface area contributed by atoms with Crippen molar-refractivity contribution in [2.45, 2.75) is 20.3 Å². The molecule has 0 aliphatic rings. The van der Waals surface area contributed by atoms with E-state index in [1.54, 1.807) is 24.3 Å². The Kier molecular flexibility index (Phi) is 6.29. The van der Waals surface area contributed by atoms with Crippen molar-refractivity contribution in [2.75, 3.05) is 5.32 Å². The van der Waals surface area contributed by atoms with Crippen LogP contribution >= 0.6 is 11.3 Å². The van der Waals surface area contributed by atoms with Gasteiger partial charge < -0.3 is 9.73 Å². The number of benzene rings is 1. The lowest BCUT2D eigenvalue weighted by Gasteiger charge is -2.02. The Hall–Kier alpha value is -4.21. The van der Waals surface area contributed by atoms with E-state index in [0.29, 0.717) is 28.3 Å². The van der Waals surface area contributed by atoms with Gasteiger partial charge in [-0.15, -0.1) is 11.3 Å². The van der Waals surface area contributed by atoms with Crippen LogP contribution in [0.4, 0.5) is 10.7 Å². The average Bonchev–Trinajstić information content (AvgIpc) is 3.35. The zero-order valence-electron chi connectivity index (χ0n) is 16.6. The molecule has 31 heavy (non-hydrogen) atoms. The van der Waals surface area contributed by atoms with E-state index in [1.165, 1.54) is 29.5 Å². The number of carbonyl (C=O) groups is 1. The van der Waals surface area contributed by atoms with Gasteiger partial charge in [-0.1, -0.05) is 6.92 Å². The molecule has 0 saturated carbocycles. The number of nitrogens with one attached hydrogen (secondary N) is 1. The fraction of sp³-hybridized carbons (Fsp3) is 0.136. The van der Waals surface area contributed by atoms with Crippen molar-refractivity contribution in [3.05, 3.63) is 73.8 Å².